The van der Waals surface area contributed by atoms with E-state index in [9.17, 15) is 4.79 Å². The van der Waals surface area contributed by atoms with Crippen LogP contribution in [0, 0.1) is 6.92 Å². The van der Waals surface area contributed by atoms with Crippen molar-refractivity contribution < 1.29 is 4.74 Å². The predicted molar refractivity (Wildman–Crippen MR) is 97.9 cm³/mol. The van der Waals surface area contributed by atoms with Gasteiger partial charge in [0.1, 0.15) is 11.8 Å². The van der Waals surface area contributed by atoms with Crippen LogP contribution < -0.4 is 16.0 Å². The van der Waals surface area contributed by atoms with E-state index in [0.29, 0.717) is 43.4 Å². The smallest absolute Gasteiger partial charge is 0.346 e. The number of aromatic amines is 1. The minimum atomic E-state index is -0.237. The number of anilines is 2. The lowest BCUT2D eigenvalue weighted by Gasteiger charge is -2.28. The van der Waals surface area contributed by atoms with Gasteiger partial charge in [0.25, 0.3) is 0 Å². The van der Waals surface area contributed by atoms with Crippen molar-refractivity contribution in [2.45, 2.75) is 6.92 Å². The second-order valence-corrected chi connectivity index (χ2v) is 6.30. The maximum absolute atomic E-state index is 12.4. The normalized spacial score (nSPS) is 14.9. The highest BCUT2D eigenvalue weighted by Crippen LogP contribution is 2.20. The van der Waals surface area contributed by atoms with E-state index in [2.05, 4.69) is 30.4 Å². The number of aromatic nitrogens is 7. The molecular formula is C16H17N9O2. The van der Waals surface area contributed by atoms with Crippen molar-refractivity contribution in [3.8, 4) is 0 Å². The molecule has 0 atom stereocenters. The zero-order chi connectivity index (χ0) is 18.4. The number of ether oxygens (including phenoxy) is 1. The fraction of sp³-hybridized carbons (Fsp3) is 0.312. The number of pyridine rings is 1. The molecule has 1 aliphatic heterocycles. The fourth-order valence-electron chi connectivity index (χ4n) is 3.17. The lowest BCUT2D eigenvalue weighted by molar-refractivity contribution is 0.111. The molecule has 1 fully saturated rings. The zero-order valence-electron chi connectivity index (χ0n) is 14.6. The number of hydrogen-bond acceptors (Lipinski definition) is 8. The molecule has 1 aliphatic rings. The van der Waals surface area contributed by atoms with E-state index < -0.39 is 0 Å². The number of aryl methyl sites for hydroxylation is 1. The Bertz CT molecular complexity index is 1190. The molecule has 4 aromatic rings. The Morgan fingerprint density at radius 1 is 1.26 bits per heavy atom. The summed E-state index contributed by atoms with van der Waals surface area (Å²) in [5, 5.41) is 9.27. The van der Waals surface area contributed by atoms with Gasteiger partial charge in [-0.2, -0.15) is 14.8 Å². The Labute approximate surface area is 152 Å². The first-order valence-corrected chi connectivity index (χ1v) is 8.57. The number of morpholine rings is 1. The number of imidazole rings is 1. The molecule has 11 nitrogen and oxygen atoms in total. The van der Waals surface area contributed by atoms with Crippen molar-refractivity contribution in [1.29, 1.82) is 0 Å². The van der Waals surface area contributed by atoms with Gasteiger partial charge in [-0.25, -0.2) is 19.3 Å². The third kappa shape index (κ3) is 2.68. The van der Waals surface area contributed by atoms with Crippen molar-refractivity contribution in [3.63, 3.8) is 0 Å². The van der Waals surface area contributed by atoms with E-state index in [1.165, 1.54) is 6.33 Å². The Hall–Kier alpha value is -3.47. The number of fused-ring (bicyclic) bond motifs is 2. The van der Waals surface area contributed by atoms with E-state index in [0.717, 1.165) is 16.9 Å². The summed E-state index contributed by atoms with van der Waals surface area (Å²) in [4.78, 5) is 28.2. The highest BCUT2D eigenvalue weighted by atomic mass is 16.5. The number of nitrogens with zero attached hydrogens (tertiary/aromatic N) is 7. The van der Waals surface area contributed by atoms with Gasteiger partial charge in [0.15, 0.2) is 11.3 Å². The molecule has 0 saturated carbocycles. The fourth-order valence-corrected chi connectivity index (χ4v) is 3.17. The van der Waals surface area contributed by atoms with Gasteiger partial charge < -0.3 is 20.0 Å². The molecule has 4 aromatic heterocycles. The summed E-state index contributed by atoms with van der Waals surface area (Å²) in [6, 6.07) is 1.92. The molecule has 1 saturated heterocycles. The van der Waals surface area contributed by atoms with Crippen LogP contribution >= 0.6 is 0 Å². The average Bonchev–Trinajstić information content (AvgIpc) is 3.25. The maximum Gasteiger partial charge on any atom is 0.346 e. The lowest BCUT2D eigenvalue weighted by atomic mass is 10.2. The molecule has 27 heavy (non-hydrogen) atoms. The van der Waals surface area contributed by atoms with Gasteiger partial charge >= 0.3 is 5.69 Å². The van der Waals surface area contributed by atoms with Crippen LogP contribution in [0.1, 0.15) is 5.56 Å². The van der Waals surface area contributed by atoms with Crippen molar-refractivity contribution in [1.82, 2.24) is 34.2 Å². The van der Waals surface area contributed by atoms with Crippen molar-refractivity contribution >= 4 is 28.4 Å². The molecule has 0 bridgehead atoms. The number of hydrogen-bond donors (Lipinski definition) is 2. The van der Waals surface area contributed by atoms with Crippen LogP contribution in [0.3, 0.4) is 0 Å². The summed E-state index contributed by atoms with van der Waals surface area (Å²) in [7, 11) is 0. The SMILES string of the molecule is Cc1cc2ncnn2cc1Nc1ncc2[nH]c(=O)n(N3CCOCC3)c2n1. The van der Waals surface area contributed by atoms with Crippen LogP contribution in [0.5, 0.6) is 0 Å². The second kappa shape index (κ2) is 6.06. The molecule has 0 spiro atoms. The standard InChI is InChI=1S/C16H17N9O2/c1-10-6-13-18-9-19-24(13)8-12(10)20-15-17-7-11-14(22-15)25(16(26)21-11)23-2-4-27-5-3-23/h6-9H,2-5H2,1H3,(H,21,26)(H,17,20,22). The first-order chi connectivity index (χ1) is 13.2. The minimum absolute atomic E-state index is 0.237. The van der Waals surface area contributed by atoms with E-state index in [1.807, 2.05) is 24.2 Å². The van der Waals surface area contributed by atoms with Crippen LogP contribution in [0.25, 0.3) is 16.8 Å². The van der Waals surface area contributed by atoms with Gasteiger partial charge in [0.2, 0.25) is 5.95 Å². The summed E-state index contributed by atoms with van der Waals surface area (Å²) < 4.78 is 8.60. The quantitative estimate of drug-likeness (QED) is 0.527. The number of H-pyrrole nitrogens is 1. The molecule has 11 heteroatoms. The topological polar surface area (TPSA) is 118 Å². The molecule has 2 N–H and O–H groups in total. The Kier molecular flexibility index (Phi) is 3.53. The van der Waals surface area contributed by atoms with Gasteiger partial charge in [-0.05, 0) is 18.6 Å². The summed E-state index contributed by atoms with van der Waals surface area (Å²) in [5.74, 6) is 0.395. The summed E-state index contributed by atoms with van der Waals surface area (Å²) >= 11 is 0. The molecule has 5 rings (SSSR count). The van der Waals surface area contributed by atoms with Crippen LogP contribution in [0.15, 0.2) is 29.6 Å². The van der Waals surface area contributed by atoms with Crippen molar-refractivity contribution in [2.24, 2.45) is 0 Å². The molecule has 5 heterocycles. The van der Waals surface area contributed by atoms with Crippen LogP contribution in [-0.2, 0) is 4.74 Å². The van der Waals surface area contributed by atoms with Gasteiger partial charge in [-0.15, -0.1) is 0 Å². The summed E-state index contributed by atoms with van der Waals surface area (Å²) in [5.41, 5.74) is 3.43. The van der Waals surface area contributed by atoms with Crippen LogP contribution in [0.4, 0.5) is 11.6 Å². The van der Waals surface area contributed by atoms with Gasteiger partial charge in [0, 0.05) is 0 Å². The number of nitrogens with one attached hydrogen (secondary N) is 2. The third-order valence-electron chi connectivity index (χ3n) is 4.54. The zero-order valence-corrected chi connectivity index (χ0v) is 14.6. The highest BCUT2D eigenvalue weighted by molar-refractivity contribution is 5.72. The van der Waals surface area contributed by atoms with Gasteiger partial charge in [-0.1, -0.05) is 0 Å². The lowest BCUT2D eigenvalue weighted by Crippen LogP contribution is -2.48. The van der Waals surface area contributed by atoms with Gasteiger partial charge in [-0.3, -0.25) is 0 Å². The Morgan fingerprint density at radius 2 is 2.11 bits per heavy atom. The van der Waals surface area contributed by atoms with Crippen molar-refractivity contribution in [3.05, 3.63) is 40.8 Å². The first kappa shape index (κ1) is 15.8. The maximum atomic E-state index is 12.4. The molecular weight excluding hydrogens is 350 g/mol. The van der Waals surface area contributed by atoms with Crippen LogP contribution in [0.2, 0.25) is 0 Å². The molecule has 0 aromatic carbocycles. The average molecular weight is 367 g/mol. The van der Waals surface area contributed by atoms with E-state index in [1.54, 1.807) is 15.4 Å². The predicted octanol–water partition coefficient (Wildman–Crippen LogP) is 0.183. The van der Waals surface area contributed by atoms with Gasteiger partial charge in [0.05, 0.1) is 44.4 Å². The Morgan fingerprint density at radius 3 is 2.96 bits per heavy atom. The van der Waals surface area contributed by atoms with Crippen molar-refractivity contribution in [2.75, 3.05) is 36.6 Å². The second-order valence-electron chi connectivity index (χ2n) is 6.30. The summed E-state index contributed by atoms with van der Waals surface area (Å²) in [6.45, 7) is 4.37. The molecule has 0 unspecified atom stereocenters. The molecule has 0 radical (unpaired) electrons. The largest absolute Gasteiger partial charge is 0.378 e. The minimum Gasteiger partial charge on any atom is -0.378 e. The summed E-state index contributed by atoms with van der Waals surface area (Å²) in [6.07, 6.45) is 4.94. The monoisotopic (exact) mass is 367 g/mol. The van der Waals surface area contributed by atoms with E-state index in [-0.39, 0.29) is 5.69 Å². The molecule has 0 amide bonds. The first-order valence-electron chi connectivity index (χ1n) is 8.57. The highest BCUT2D eigenvalue weighted by Gasteiger charge is 2.18. The Balaban J connectivity index is 1.55. The van der Waals surface area contributed by atoms with E-state index >= 15 is 0 Å². The van der Waals surface area contributed by atoms with E-state index in [4.69, 9.17) is 4.74 Å². The third-order valence-corrected chi connectivity index (χ3v) is 4.54. The number of rotatable bonds is 3. The molecule has 138 valence electrons. The molecule has 0 aliphatic carbocycles. The van der Waals surface area contributed by atoms with Crippen LogP contribution in [-0.4, -0.2) is 60.5 Å².